The highest BCUT2D eigenvalue weighted by molar-refractivity contribution is 5.94. The number of fused-ring (bicyclic) bond motifs is 1. The molecule has 0 atom stereocenters. The second kappa shape index (κ2) is 9.81. The lowest BCUT2D eigenvalue weighted by Crippen LogP contribution is -2.48. The fraction of sp³-hybridized carbons (Fsp3) is 0.250. The van der Waals surface area contributed by atoms with Crippen LogP contribution < -0.4 is 15.4 Å². The Kier molecular flexibility index (Phi) is 6.41. The molecular formula is C28H27FN4O3. The van der Waals surface area contributed by atoms with Gasteiger partial charge >= 0.3 is 5.97 Å². The number of aromatic nitrogens is 2. The van der Waals surface area contributed by atoms with Crippen LogP contribution in [0.2, 0.25) is 0 Å². The third-order valence-corrected chi connectivity index (χ3v) is 6.54. The minimum atomic E-state index is -0.484. The quantitative estimate of drug-likeness (QED) is 0.397. The highest BCUT2D eigenvalue weighted by atomic mass is 19.1. The monoisotopic (exact) mass is 486 g/mol. The Balaban J connectivity index is 1.53. The predicted octanol–water partition coefficient (Wildman–Crippen LogP) is 4.01. The molecule has 2 heterocycles. The number of anilines is 2. The van der Waals surface area contributed by atoms with Crippen molar-refractivity contribution < 1.29 is 13.9 Å². The van der Waals surface area contributed by atoms with E-state index in [1.165, 1.54) is 30.5 Å². The van der Waals surface area contributed by atoms with Gasteiger partial charge < -0.3 is 14.5 Å². The van der Waals surface area contributed by atoms with E-state index < -0.39 is 5.97 Å². The lowest BCUT2D eigenvalue weighted by atomic mass is 10.1. The van der Waals surface area contributed by atoms with E-state index in [0.717, 1.165) is 18.7 Å². The number of benzene rings is 3. The van der Waals surface area contributed by atoms with Gasteiger partial charge in [-0.25, -0.2) is 14.2 Å². The molecule has 1 saturated heterocycles. The van der Waals surface area contributed by atoms with E-state index in [1.54, 1.807) is 34.9 Å². The molecule has 0 bridgehead atoms. The highest BCUT2D eigenvalue weighted by Crippen LogP contribution is 2.23. The molecule has 0 radical (unpaired) electrons. The van der Waals surface area contributed by atoms with Crippen LogP contribution in [0.25, 0.3) is 10.9 Å². The molecule has 4 aromatic rings. The van der Waals surface area contributed by atoms with Crippen LogP contribution in [0.4, 0.5) is 16.0 Å². The van der Waals surface area contributed by atoms with Crippen LogP contribution >= 0.6 is 0 Å². The summed E-state index contributed by atoms with van der Waals surface area (Å²) in [6.07, 6.45) is 0. The Bertz CT molecular complexity index is 1470. The first-order valence-corrected chi connectivity index (χ1v) is 11.9. The predicted molar refractivity (Wildman–Crippen MR) is 138 cm³/mol. The summed E-state index contributed by atoms with van der Waals surface area (Å²) in [7, 11) is 1.32. The maximum Gasteiger partial charge on any atom is 0.337 e. The number of rotatable bonds is 5. The molecule has 7 nitrogen and oxygen atoms in total. The molecule has 5 rings (SSSR count). The van der Waals surface area contributed by atoms with Crippen molar-refractivity contribution in [2.24, 2.45) is 0 Å². The largest absolute Gasteiger partial charge is 0.465 e. The minimum absolute atomic E-state index is 0.211. The van der Waals surface area contributed by atoms with Crippen molar-refractivity contribution in [2.75, 3.05) is 43.1 Å². The third-order valence-electron chi connectivity index (χ3n) is 6.54. The molecule has 0 N–H and O–H groups in total. The van der Waals surface area contributed by atoms with Gasteiger partial charge in [-0.1, -0.05) is 24.3 Å². The Hall–Kier alpha value is -4.20. The summed E-state index contributed by atoms with van der Waals surface area (Å²) < 4.78 is 20.0. The molecule has 1 aliphatic heterocycles. The van der Waals surface area contributed by atoms with E-state index in [1.807, 2.05) is 0 Å². The fourth-order valence-corrected chi connectivity index (χ4v) is 4.60. The Morgan fingerprint density at radius 1 is 0.972 bits per heavy atom. The lowest BCUT2D eigenvalue weighted by molar-refractivity contribution is 0.0601. The molecule has 0 unspecified atom stereocenters. The van der Waals surface area contributed by atoms with Gasteiger partial charge in [0.2, 0.25) is 5.95 Å². The van der Waals surface area contributed by atoms with Gasteiger partial charge in [-0.05, 0) is 60.5 Å². The normalized spacial score (nSPS) is 13.8. The van der Waals surface area contributed by atoms with Crippen LogP contribution in [0.3, 0.4) is 0 Å². The Morgan fingerprint density at radius 2 is 1.69 bits per heavy atom. The number of carbonyl (C=O) groups excluding carboxylic acids is 1. The van der Waals surface area contributed by atoms with Gasteiger partial charge in [0.05, 0.1) is 30.1 Å². The average molecular weight is 487 g/mol. The van der Waals surface area contributed by atoms with Crippen LogP contribution in [0, 0.1) is 12.7 Å². The number of nitrogens with zero attached hydrogens (tertiary/aromatic N) is 4. The molecule has 0 spiro atoms. The van der Waals surface area contributed by atoms with Crippen molar-refractivity contribution in [1.29, 1.82) is 0 Å². The summed E-state index contributed by atoms with van der Waals surface area (Å²) in [4.78, 5) is 35.0. The van der Waals surface area contributed by atoms with Crippen molar-refractivity contribution in [3.8, 4) is 0 Å². The molecule has 3 aromatic carbocycles. The van der Waals surface area contributed by atoms with Crippen molar-refractivity contribution in [3.63, 3.8) is 0 Å². The van der Waals surface area contributed by atoms with Crippen LogP contribution in [0.5, 0.6) is 0 Å². The van der Waals surface area contributed by atoms with Crippen molar-refractivity contribution in [3.05, 3.63) is 99.6 Å². The molecule has 1 fully saturated rings. The van der Waals surface area contributed by atoms with Crippen molar-refractivity contribution in [2.45, 2.75) is 13.5 Å². The summed E-state index contributed by atoms with van der Waals surface area (Å²) in [6.45, 7) is 5.23. The topological polar surface area (TPSA) is 67.7 Å². The Labute approximate surface area is 208 Å². The zero-order valence-corrected chi connectivity index (χ0v) is 20.3. The number of methoxy groups -OCH3 is 1. The maximum absolute atomic E-state index is 13.6. The maximum atomic E-state index is 13.6. The smallest absolute Gasteiger partial charge is 0.337 e. The van der Waals surface area contributed by atoms with Crippen LogP contribution in [-0.2, 0) is 11.3 Å². The van der Waals surface area contributed by atoms with Crippen LogP contribution in [-0.4, -0.2) is 48.8 Å². The van der Waals surface area contributed by atoms with Gasteiger partial charge in [0, 0.05) is 31.9 Å². The molecular weight excluding hydrogens is 459 g/mol. The molecule has 36 heavy (non-hydrogen) atoms. The molecule has 8 heteroatoms. The SMILES string of the molecule is COC(=O)c1ccc2c(=O)n(Cc3ccc(F)cc3)c(N3CCN(c4cccc(C)c4)CC3)nc2c1. The lowest BCUT2D eigenvalue weighted by Gasteiger charge is -2.37. The van der Waals surface area contributed by atoms with Gasteiger partial charge in [0.25, 0.3) is 5.56 Å². The zero-order chi connectivity index (χ0) is 25.2. The number of carbonyl (C=O) groups is 1. The van der Waals surface area contributed by atoms with Gasteiger partial charge in [-0.15, -0.1) is 0 Å². The summed E-state index contributed by atoms with van der Waals surface area (Å²) >= 11 is 0. The fourth-order valence-electron chi connectivity index (χ4n) is 4.60. The molecule has 0 amide bonds. The number of aryl methyl sites for hydroxylation is 1. The second-order valence-electron chi connectivity index (χ2n) is 8.97. The van der Waals surface area contributed by atoms with Crippen LogP contribution in [0.1, 0.15) is 21.5 Å². The molecule has 1 aromatic heterocycles. The van der Waals surface area contributed by atoms with E-state index >= 15 is 0 Å². The Morgan fingerprint density at radius 3 is 2.39 bits per heavy atom. The number of esters is 1. The first-order chi connectivity index (χ1) is 17.4. The zero-order valence-electron chi connectivity index (χ0n) is 20.3. The van der Waals surface area contributed by atoms with E-state index in [-0.39, 0.29) is 17.9 Å². The minimum Gasteiger partial charge on any atom is -0.465 e. The number of piperazine rings is 1. The number of hydrogen-bond acceptors (Lipinski definition) is 6. The summed E-state index contributed by atoms with van der Waals surface area (Å²) in [5.74, 6) is -0.282. The first-order valence-electron chi connectivity index (χ1n) is 11.9. The summed E-state index contributed by atoms with van der Waals surface area (Å²) in [5.41, 5.74) is 3.74. The summed E-state index contributed by atoms with van der Waals surface area (Å²) in [5, 5.41) is 0.409. The van der Waals surface area contributed by atoms with Gasteiger partial charge in [0.15, 0.2) is 0 Å². The molecule has 0 aliphatic carbocycles. The van der Waals surface area contributed by atoms with Gasteiger partial charge in [-0.2, -0.15) is 0 Å². The summed E-state index contributed by atoms with van der Waals surface area (Å²) in [6, 6.07) is 19.3. The van der Waals surface area contributed by atoms with Crippen molar-refractivity contribution >= 4 is 28.5 Å². The standard InChI is InChI=1S/C28H27FN4O3/c1-19-4-3-5-23(16-19)31-12-14-32(15-13-31)28-30-25-17-21(27(35)36-2)8-11-24(25)26(34)33(28)18-20-6-9-22(29)10-7-20/h3-11,16-17H,12-15,18H2,1-2H3. The molecule has 184 valence electrons. The van der Waals surface area contributed by atoms with E-state index in [2.05, 4.69) is 41.0 Å². The van der Waals surface area contributed by atoms with Gasteiger partial charge in [-0.3, -0.25) is 9.36 Å². The third kappa shape index (κ3) is 4.66. The van der Waals surface area contributed by atoms with E-state index in [0.29, 0.717) is 35.5 Å². The van der Waals surface area contributed by atoms with E-state index in [4.69, 9.17) is 9.72 Å². The number of hydrogen-bond donors (Lipinski definition) is 0. The highest BCUT2D eigenvalue weighted by Gasteiger charge is 2.23. The van der Waals surface area contributed by atoms with Gasteiger partial charge in [0.1, 0.15) is 5.82 Å². The molecule has 1 aliphatic rings. The number of ether oxygens (including phenoxy) is 1. The number of halogens is 1. The first kappa shape index (κ1) is 23.5. The average Bonchev–Trinajstić information content (AvgIpc) is 2.90. The van der Waals surface area contributed by atoms with Crippen molar-refractivity contribution in [1.82, 2.24) is 9.55 Å². The van der Waals surface area contributed by atoms with E-state index in [9.17, 15) is 14.0 Å². The van der Waals surface area contributed by atoms with Crippen LogP contribution in [0.15, 0.2) is 71.5 Å². The molecule has 0 saturated carbocycles. The second-order valence-corrected chi connectivity index (χ2v) is 8.97.